The molecule has 2 aromatic rings. The van der Waals surface area contributed by atoms with Crippen molar-refractivity contribution in [3.8, 4) is 0 Å². The van der Waals surface area contributed by atoms with Gasteiger partial charge in [0.2, 0.25) is 0 Å². The van der Waals surface area contributed by atoms with E-state index in [2.05, 4.69) is 27.8 Å². The molecule has 0 aliphatic carbocycles. The van der Waals surface area contributed by atoms with Crippen LogP contribution in [0.5, 0.6) is 0 Å². The number of hydrogen-bond donors (Lipinski definition) is 1. The van der Waals surface area contributed by atoms with Crippen molar-refractivity contribution in [2.24, 2.45) is 5.73 Å². The number of benzene rings is 1. The van der Waals surface area contributed by atoms with E-state index in [1.807, 2.05) is 31.2 Å². The second-order valence-electron chi connectivity index (χ2n) is 3.72. The van der Waals surface area contributed by atoms with Crippen molar-refractivity contribution in [3.05, 3.63) is 49.9 Å². The van der Waals surface area contributed by atoms with Crippen molar-refractivity contribution >= 4 is 27.3 Å². The molecule has 4 heteroatoms. The summed E-state index contributed by atoms with van der Waals surface area (Å²) in [5, 5.41) is 0.984. The molecule has 2 nitrogen and oxygen atoms in total. The molecule has 84 valence electrons. The second kappa shape index (κ2) is 4.65. The first-order valence-corrected chi connectivity index (χ1v) is 6.64. The van der Waals surface area contributed by atoms with E-state index in [4.69, 9.17) is 5.73 Å². The zero-order valence-electron chi connectivity index (χ0n) is 9.20. The monoisotopic (exact) mass is 296 g/mol. The molecule has 1 atom stereocenters. The molecule has 0 spiro atoms. The molecule has 1 aromatic heterocycles. The van der Waals surface area contributed by atoms with Crippen molar-refractivity contribution in [1.82, 2.24) is 4.98 Å². The van der Waals surface area contributed by atoms with Gasteiger partial charge in [0.15, 0.2) is 0 Å². The van der Waals surface area contributed by atoms with Crippen LogP contribution in [0.2, 0.25) is 0 Å². The molecule has 0 fully saturated rings. The van der Waals surface area contributed by atoms with Gasteiger partial charge in [0.05, 0.1) is 11.7 Å². The van der Waals surface area contributed by atoms with Crippen LogP contribution in [-0.4, -0.2) is 4.98 Å². The van der Waals surface area contributed by atoms with E-state index in [0.29, 0.717) is 0 Å². The molecule has 0 aliphatic rings. The lowest BCUT2D eigenvalue weighted by atomic mass is 10.1. The number of nitrogens with zero attached hydrogens (tertiary/aromatic N) is 1. The van der Waals surface area contributed by atoms with Gasteiger partial charge >= 0.3 is 0 Å². The molecule has 0 aliphatic heterocycles. The smallest absolute Gasteiger partial charge is 0.114 e. The van der Waals surface area contributed by atoms with Crippen molar-refractivity contribution < 1.29 is 0 Å². The molecule has 0 amide bonds. The van der Waals surface area contributed by atoms with E-state index >= 15 is 0 Å². The quantitative estimate of drug-likeness (QED) is 0.920. The lowest BCUT2D eigenvalue weighted by Crippen LogP contribution is -2.11. The van der Waals surface area contributed by atoms with Crippen LogP contribution in [0.3, 0.4) is 0 Å². The summed E-state index contributed by atoms with van der Waals surface area (Å²) in [7, 11) is 0. The maximum Gasteiger partial charge on any atom is 0.114 e. The van der Waals surface area contributed by atoms with Crippen molar-refractivity contribution in [2.45, 2.75) is 19.9 Å². The summed E-state index contributed by atoms with van der Waals surface area (Å²) in [6.45, 7) is 4.09. The van der Waals surface area contributed by atoms with Gasteiger partial charge in [-0.1, -0.05) is 28.1 Å². The minimum absolute atomic E-state index is 0.120. The summed E-state index contributed by atoms with van der Waals surface area (Å²) >= 11 is 5.09. The van der Waals surface area contributed by atoms with Gasteiger partial charge in [-0.05, 0) is 31.5 Å². The third kappa shape index (κ3) is 2.34. The van der Waals surface area contributed by atoms with E-state index in [0.717, 1.165) is 20.7 Å². The van der Waals surface area contributed by atoms with Crippen molar-refractivity contribution in [2.75, 3.05) is 0 Å². The predicted molar refractivity (Wildman–Crippen MR) is 71.8 cm³/mol. The second-order valence-corrected chi connectivity index (χ2v) is 5.87. The number of nitrogens with two attached hydrogens (primary N) is 1. The third-order valence-corrected chi connectivity index (χ3v) is 4.22. The molecular weight excluding hydrogens is 284 g/mol. The first kappa shape index (κ1) is 11.8. The van der Waals surface area contributed by atoms with E-state index in [-0.39, 0.29) is 6.04 Å². The molecule has 0 radical (unpaired) electrons. The molecule has 16 heavy (non-hydrogen) atoms. The van der Waals surface area contributed by atoms with E-state index in [1.54, 1.807) is 11.3 Å². The highest BCUT2D eigenvalue weighted by Crippen LogP contribution is 2.26. The normalized spacial score (nSPS) is 12.8. The average Bonchev–Trinajstić information content (AvgIpc) is 2.59. The first-order chi connectivity index (χ1) is 7.58. The fraction of sp³-hybridized carbons (Fsp3) is 0.250. The van der Waals surface area contributed by atoms with Crippen molar-refractivity contribution in [1.29, 1.82) is 0 Å². The number of hydrogen-bond acceptors (Lipinski definition) is 3. The van der Waals surface area contributed by atoms with Gasteiger partial charge in [-0.3, -0.25) is 0 Å². The van der Waals surface area contributed by atoms with Crippen LogP contribution in [0.4, 0.5) is 0 Å². The molecule has 0 saturated carbocycles. The van der Waals surface area contributed by atoms with Gasteiger partial charge in [0, 0.05) is 9.35 Å². The number of halogens is 1. The maximum absolute atomic E-state index is 6.18. The Labute approximate surface area is 108 Å². The number of aryl methyl sites for hydroxylation is 2. The van der Waals surface area contributed by atoms with E-state index in [1.165, 1.54) is 4.88 Å². The topological polar surface area (TPSA) is 38.9 Å². The highest BCUT2D eigenvalue weighted by Gasteiger charge is 2.13. The van der Waals surface area contributed by atoms with Crippen LogP contribution in [0.25, 0.3) is 0 Å². The summed E-state index contributed by atoms with van der Waals surface area (Å²) in [6, 6.07) is 7.94. The lowest BCUT2D eigenvalue weighted by molar-refractivity contribution is 0.852. The molecular formula is C12H13BrN2S. The Bertz CT molecular complexity index is 471. The van der Waals surface area contributed by atoms with Crippen LogP contribution in [-0.2, 0) is 0 Å². The first-order valence-electron chi connectivity index (χ1n) is 5.03. The van der Waals surface area contributed by atoms with Gasteiger partial charge in [0.1, 0.15) is 5.01 Å². The number of aromatic nitrogens is 1. The van der Waals surface area contributed by atoms with Gasteiger partial charge in [-0.2, -0.15) is 0 Å². The molecule has 1 aromatic carbocycles. The minimum Gasteiger partial charge on any atom is -0.318 e. The van der Waals surface area contributed by atoms with Gasteiger partial charge in [-0.15, -0.1) is 11.3 Å². The molecule has 0 saturated heterocycles. The van der Waals surface area contributed by atoms with Crippen LogP contribution in [0.15, 0.2) is 28.7 Å². The Kier molecular flexibility index (Phi) is 3.42. The maximum atomic E-state index is 6.18. The van der Waals surface area contributed by atoms with Crippen LogP contribution in [0, 0.1) is 13.8 Å². The molecule has 1 heterocycles. The SMILES string of the molecule is Cc1nc(C(N)c2ccc(Br)cc2)sc1C. The summed E-state index contributed by atoms with van der Waals surface area (Å²) in [6.07, 6.45) is 0. The number of rotatable bonds is 2. The highest BCUT2D eigenvalue weighted by atomic mass is 79.9. The van der Waals surface area contributed by atoms with Gasteiger partial charge in [-0.25, -0.2) is 4.98 Å². The fourth-order valence-electron chi connectivity index (χ4n) is 1.44. The summed E-state index contributed by atoms with van der Waals surface area (Å²) in [4.78, 5) is 5.73. The Morgan fingerprint density at radius 2 is 1.88 bits per heavy atom. The Balaban J connectivity index is 2.31. The lowest BCUT2D eigenvalue weighted by Gasteiger charge is -2.08. The zero-order chi connectivity index (χ0) is 11.7. The number of thiazole rings is 1. The third-order valence-electron chi connectivity index (χ3n) is 2.54. The van der Waals surface area contributed by atoms with Crippen LogP contribution < -0.4 is 5.73 Å². The Morgan fingerprint density at radius 3 is 2.38 bits per heavy atom. The van der Waals surface area contributed by atoms with Crippen LogP contribution >= 0.6 is 27.3 Å². The van der Waals surface area contributed by atoms with Gasteiger partial charge < -0.3 is 5.73 Å². The van der Waals surface area contributed by atoms with E-state index < -0.39 is 0 Å². The fourth-order valence-corrected chi connectivity index (χ4v) is 2.66. The minimum atomic E-state index is -0.120. The van der Waals surface area contributed by atoms with Gasteiger partial charge in [0.25, 0.3) is 0 Å². The molecule has 2 N–H and O–H groups in total. The average molecular weight is 297 g/mol. The Hall–Kier alpha value is -0.710. The standard InChI is InChI=1S/C12H13BrN2S/c1-7-8(2)16-12(15-7)11(14)9-3-5-10(13)6-4-9/h3-6,11H,14H2,1-2H3. The summed E-state index contributed by atoms with van der Waals surface area (Å²) in [5.74, 6) is 0. The summed E-state index contributed by atoms with van der Waals surface area (Å²) < 4.78 is 1.06. The molecule has 1 unspecified atom stereocenters. The van der Waals surface area contributed by atoms with Crippen LogP contribution in [0.1, 0.15) is 27.2 Å². The largest absolute Gasteiger partial charge is 0.318 e. The highest BCUT2D eigenvalue weighted by molar-refractivity contribution is 9.10. The molecule has 2 rings (SSSR count). The Morgan fingerprint density at radius 1 is 1.25 bits per heavy atom. The van der Waals surface area contributed by atoms with E-state index in [9.17, 15) is 0 Å². The molecule has 0 bridgehead atoms. The summed E-state index contributed by atoms with van der Waals surface area (Å²) in [5.41, 5.74) is 8.35. The van der Waals surface area contributed by atoms with Crippen molar-refractivity contribution in [3.63, 3.8) is 0 Å². The zero-order valence-corrected chi connectivity index (χ0v) is 11.6. The predicted octanol–water partition coefficient (Wildman–Crippen LogP) is 3.57.